The molecule has 4 rings (SSSR count). The van der Waals surface area contributed by atoms with Crippen LogP contribution in [0.2, 0.25) is 10.0 Å². The predicted molar refractivity (Wildman–Crippen MR) is 157 cm³/mol. The first-order valence-corrected chi connectivity index (χ1v) is 13.2. The third-order valence-electron chi connectivity index (χ3n) is 5.67. The maximum Gasteiger partial charge on any atom is 0.271 e. The van der Waals surface area contributed by atoms with E-state index in [-0.39, 0.29) is 28.1 Å². The molecule has 0 aromatic heterocycles. The van der Waals surface area contributed by atoms with Gasteiger partial charge in [0.15, 0.2) is 17.2 Å². The van der Waals surface area contributed by atoms with Gasteiger partial charge in [0.05, 0.1) is 27.8 Å². The van der Waals surface area contributed by atoms with E-state index in [1.54, 1.807) is 42.5 Å². The number of benzene rings is 4. The third-order valence-corrected chi connectivity index (χ3v) is 6.24. The maximum absolute atomic E-state index is 12.7. The van der Waals surface area contributed by atoms with E-state index < -0.39 is 10.8 Å². The lowest BCUT2D eigenvalue weighted by Crippen LogP contribution is -2.17. The molecule has 0 fully saturated rings. The summed E-state index contributed by atoms with van der Waals surface area (Å²) >= 11 is 12.7. The molecule has 4 aromatic carbocycles. The molecule has 0 radical (unpaired) electrons. The van der Waals surface area contributed by atoms with Crippen molar-refractivity contribution in [2.45, 2.75) is 20.1 Å². The van der Waals surface area contributed by atoms with E-state index >= 15 is 0 Å². The fraction of sp³-hybridized carbons (Fsp3) is 0.133. The number of nitro groups is 1. The van der Waals surface area contributed by atoms with Crippen molar-refractivity contribution >= 4 is 41.0 Å². The van der Waals surface area contributed by atoms with Gasteiger partial charge in [0.2, 0.25) is 0 Å². The molecular weight excluding hydrogens is 569 g/mol. The zero-order valence-electron chi connectivity index (χ0n) is 21.9. The van der Waals surface area contributed by atoms with Crippen molar-refractivity contribution in [3.05, 3.63) is 127 Å². The number of hydrogen-bond donors (Lipinski definition) is 1. The molecule has 0 saturated heterocycles. The Balaban J connectivity index is 1.36. The van der Waals surface area contributed by atoms with Crippen molar-refractivity contribution in [3.8, 4) is 17.2 Å². The van der Waals surface area contributed by atoms with Crippen molar-refractivity contribution in [2.75, 3.05) is 6.61 Å². The average Bonchev–Trinajstić information content (AvgIpc) is 2.97. The van der Waals surface area contributed by atoms with Crippen LogP contribution >= 0.6 is 23.2 Å². The minimum absolute atomic E-state index is 0.0138. The Morgan fingerprint density at radius 1 is 0.878 bits per heavy atom. The van der Waals surface area contributed by atoms with Crippen molar-refractivity contribution in [1.29, 1.82) is 0 Å². The van der Waals surface area contributed by atoms with E-state index in [0.717, 1.165) is 5.56 Å². The summed E-state index contributed by atoms with van der Waals surface area (Å²) in [6.07, 6.45) is 1.40. The molecule has 0 saturated carbocycles. The van der Waals surface area contributed by atoms with E-state index in [1.165, 1.54) is 18.3 Å². The maximum atomic E-state index is 12.7. The van der Waals surface area contributed by atoms with E-state index in [9.17, 15) is 14.9 Å². The number of non-ortho nitro benzene ring substituents is 1. The van der Waals surface area contributed by atoms with E-state index in [4.69, 9.17) is 37.4 Å². The van der Waals surface area contributed by atoms with Crippen LogP contribution in [0.5, 0.6) is 17.2 Å². The summed E-state index contributed by atoms with van der Waals surface area (Å²) in [5, 5.41) is 15.3. The molecule has 11 heteroatoms. The smallest absolute Gasteiger partial charge is 0.271 e. The monoisotopic (exact) mass is 593 g/mol. The second kappa shape index (κ2) is 14.2. The molecule has 41 heavy (non-hydrogen) atoms. The van der Waals surface area contributed by atoms with Gasteiger partial charge >= 0.3 is 0 Å². The third kappa shape index (κ3) is 8.20. The van der Waals surface area contributed by atoms with Crippen LogP contribution in [0.25, 0.3) is 0 Å². The highest BCUT2D eigenvalue weighted by molar-refractivity contribution is 6.37. The zero-order chi connectivity index (χ0) is 29.2. The summed E-state index contributed by atoms with van der Waals surface area (Å²) in [5.41, 5.74) is 5.05. The van der Waals surface area contributed by atoms with Crippen LogP contribution in [-0.4, -0.2) is 23.7 Å². The Kier molecular flexibility index (Phi) is 10.1. The molecule has 1 amide bonds. The lowest BCUT2D eigenvalue weighted by atomic mass is 10.2. The van der Waals surface area contributed by atoms with Gasteiger partial charge in [0.25, 0.3) is 11.6 Å². The standard InChI is InChI=1S/C30H25Cl2N3O6/c1-2-39-28-16-23(10-13-27(28)40-18-20-6-4-3-5-7-20)30(36)34-33-17-22-14-25(31)29(26(32)15-22)41-19-21-8-11-24(12-9-21)35(37)38/h3-17H,2,18-19H2,1H3,(H,34,36)/b33-17+. The van der Waals surface area contributed by atoms with Crippen molar-refractivity contribution in [3.63, 3.8) is 0 Å². The number of hydrogen-bond acceptors (Lipinski definition) is 7. The normalized spacial score (nSPS) is 10.8. The van der Waals surface area contributed by atoms with E-state index in [2.05, 4.69) is 10.5 Å². The molecule has 0 spiro atoms. The average molecular weight is 594 g/mol. The Bertz CT molecular complexity index is 1520. The zero-order valence-corrected chi connectivity index (χ0v) is 23.4. The van der Waals surface area contributed by atoms with Gasteiger partial charge in [-0.15, -0.1) is 0 Å². The van der Waals surface area contributed by atoms with Gasteiger partial charge in [-0.05, 0) is 66.1 Å². The van der Waals surface area contributed by atoms with Crippen LogP contribution in [0.3, 0.4) is 0 Å². The topological polar surface area (TPSA) is 112 Å². The van der Waals surface area contributed by atoms with Gasteiger partial charge < -0.3 is 14.2 Å². The van der Waals surface area contributed by atoms with Crippen LogP contribution in [-0.2, 0) is 13.2 Å². The van der Waals surface area contributed by atoms with Gasteiger partial charge in [0.1, 0.15) is 13.2 Å². The van der Waals surface area contributed by atoms with E-state index in [1.807, 2.05) is 37.3 Å². The van der Waals surface area contributed by atoms with Gasteiger partial charge in [-0.3, -0.25) is 14.9 Å². The number of nitrogens with zero attached hydrogens (tertiary/aromatic N) is 2. The van der Waals surface area contributed by atoms with Crippen LogP contribution < -0.4 is 19.6 Å². The summed E-state index contributed by atoms with van der Waals surface area (Å²) in [6.45, 7) is 2.73. The molecule has 0 atom stereocenters. The quantitative estimate of drug-likeness (QED) is 0.105. The number of rotatable bonds is 12. The number of hydrazone groups is 1. The van der Waals surface area contributed by atoms with Gasteiger partial charge in [-0.1, -0.05) is 53.5 Å². The summed E-state index contributed by atoms with van der Waals surface area (Å²) in [7, 11) is 0. The van der Waals surface area contributed by atoms with Gasteiger partial charge in [0, 0.05) is 17.7 Å². The number of carbonyl (C=O) groups is 1. The molecule has 210 valence electrons. The first kappa shape index (κ1) is 29.4. The predicted octanol–water partition coefficient (Wildman–Crippen LogP) is 7.22. The fourth-order valence-corrected chi connectivity index (χ4v) is 4.28. The molecular formula is C30H25Cl2N3O6. The minimum atomic E-state index is -0.474. The van der Waals surface area contributed by atoms with Crippen LogP contribution in [0.15, 0.2) is 90.0 Å². The Morgan fingerprint density at radius 3 is 2.20 bits per heavy atom. The van der Waals surface area contributed by atoms with Crippen LogP contribution in [0, 0.1) is 10.1 Å². The van der Waals surface area contributed by atoms with E-state index in [0.29, 0.717) is 41.4 Å². The van der Waals surface area contributed by atoms with Crippen molar-refractivity contribution in [2.24, 2.45) is 5.10 Å². The largest absolute Gasteiger partial charge is 0.490 e. The SMILES string of the molecule is CCOc1cc(C(=O)N/N=C/c2cc(Cl)c(OCc3ccc([N+](=O)[O-])cc3)c(Cl)c2)ccc1OCc1ccccc1. The Hall–Kier alpha value is -4.60. The summed E-state index contributed by atoms with van der Waals surface area (Å²) < 4.78 is 17.3. The number of halogens is 2. The number of ether oxygens (including phenoxy) is 3. The first-order chi connectivity index (χ1) is 19.8. The number of nitrogens with one attached hydrogen (secondary N) is 1. The lowest BCUT2D eigenvalue weighted by molar-refractivity contribution is -0.384. The summed E-state index contributed by atoms with van der Waals surface area (Å²) in [5.74, 6) is 0.779. The highest BCUT2D eigenvalue weighted by atomic mass is 35.5. The van der Waals surface area contributed by atoms with Crippen molar-refractivity contribution in [1.82, 2.24) is 5.43 Å². The minimum Gasteiger partial charge on any atom is -0.490 e. The fourth-order valence-electron chi connectivity index (χ4n) is 3.66. The van der Waals surface area contributed by atoms with Crippen LogP contribution in [0.4, 0.5) is 5.69 Å². The second-order valence-electron chi connectivity index (χ2n) is 8.59. The first-order valence-electron chi connectivity index (χ1n) is 12.5. The molecule has 1 N–H and O–H groups in total. The Labute approximate surface area is 246 Å². The lowest BCUT2D eigenvalue weighted by Gasteiger charge is -2.13. The number of amides is 1. The number of carbonyl (C=O) groups excluding carboxylic acids is 1. The molecule has 0 aliphatic rings. The summed E-state index contributed by atoms with van der Waals surface area (Å²) in [6, 6.07) is 23.8. The van der Waals surface area contributed by atoms with Gasteiger partial charge in [-0.25, -0.2) is 5.43 Å². The molecule has 0 aliphatic heterocycles. The molecule has 0 bridgehead atoms. The highest BCUT2D eigenvalue weighted by Crippen LogP contribution is 2.34. The molecule has 9 nitrogen and oxygen atoms in total. The highest BCUT2D eigenvalue weighted by Gasteiger charge is 2.13. The molecule has 0 heterocycles. The Morgan fingerprint density at radius 2 is 1.54 bits per heavy atom. The van der Waals surface area contributed by atoms with Crippen molar-refractivity contribution < 1.29 is 23.9 Å². The number of nitro benzene ring substituents is 1. The van der Waals surface area contributed by atoms with Gasteiger partial charge in [-0.2, -0.15) is 5.10 Å². The molecule has 0 unspecified atom stereocenters. The summed E-state index contributed by atoms with van der Waals surface area (Å²) in [4.78, 5) is 23.0. The van der Waals surface area contributed by atoms with Crippen LogP contribution in [0.1, 0.15) is 34.0 Å². The molecule has 0 aliphatic carbocycles. The molecule has 4 aromatic rings. The second-order valence-corrected chi connectivity index (χ2v) is 9.41.